The first kappa shape index (κ1) is 33.4. The van der Waals surface area contributed by atoms with E-state index in [9.17, 15) is 4.79 Å². The van der Waals surface area contributed by atoms with E-state index in [0.29, 0.717) is 11.8 Å². The van der Waals surface area contributed by atoms with Gasteiger partial charge in [0, 0.05) is 50.2 Å². The Morgan fingerprint density at radius 3 is 2.18 bits per heavy atom. The second kappa shape index (κ2) is 15.0. The van der Waals surface area contributed by atoms with Crippen LogP contribution in [0.15, 0.2) is 61.1 Å². The van der Waals surface area contributed by atoms with Gasteiger partial charge in [0.1, 0.15) is 5.65 Å². The summed E-state index contributed by atoms with van der Waals surface area (Å²) in [6.07, 6.45) is 10.1. The van der Waals surface area contributed by atoms with Gasteiger partial charge in [-0.05, 0) is 107 Å². The Morgan fingerprint density at radius 1 is 0.886 bits per heavy atom. The van der Waals surface area contributed by atoms with Crippen molar-refractivity contribution in [2.24, 2.45) is 11.8 Å². The Kier molecular flexibility index (Phi) is 11.4. The first-order chi connectivity index (χ1) is 21.0. The van der Waals surface area contributed by atoms with Crippen molar-refractivity contribution in [2.45, 2.75) is 86.5 Å². The molecule has 0 aliphatic rings. The van der Waals surface area contributed by atoms with Crippen molar-refractivity contribution >= 4 is 11.6 Å². The van der Waals surface area contributed by atoms with Crippen LogP contribution in [0.3, 0.4) is 0 Å². The molecule has 0 atom stereocenters. The quantitative estimate of drug-likeness (QED) is 0.144. The molecule has 0 saturated heterocycles. The number of nitrogens with zero attached hydrogens (tertiary/aromatic N) is 4. The molecule has 6 nitrogen and oxygen atoms in total. The highest BCUT2D eigenvalue weighted by atomic mass is 16.2. The molecule has 0 aliphatic carbocycles. The Morgan fingerprint density at radius 2 is 1.55 bits per heavy atom. The molecule has 4 aromatic rings. The third-order valence-corrected chi connectivity index (χ3v) is 8.28. The molecule has 3 heterocycles. The number of nitrogens with one attached hydrogen (secondary N) is 1. The average molecular weight is 596 g/mol. The van der Waals surface area contributed by atoms with E-state index in [-0.39, 0.29) is 5.91 Å². The maximum atomic E-state index is 14.0. The largest absolute Gasteiger partial charge is 0.341 e. The summed E-state index contributed by atoms with van der Waals surface area (Å²) >= 11 is 0. The summed E-state index contributed by atoms with van der Waals surface area (Å²) in [6, 6.07) is 15.0. The standard InChI is InChI=1S/C38H53N5O/c1-27(2)24-42(25-28(3)4)37(44)38(7,8)33-12-13-35-41-36(32-22-29(5)21-30(6)23-32)34(43(35)26-33)16-20-39-17-10-9-11-31-14-18-40-19-15-31/h12-15,18-19,21-23,26-28,39H,9-11,16-17,20,24-25H2,1-8H3. The van der Waals surface area contributed by atoms with E-state index in [1.165, 1.54) is 22.4 Å². The summed E-state index contributed by atoms with van der Waals surface area (Å²) in [5.41, 5.74) is 8.44. The molecule has 0 fully saturated rings. The number of carbonyl (C=O) groups is 1. The number of pyridine rings is 2. The molecule has 236 valence electrons. The smallest absolute Gasteiger partial charge is 0.232 e. The van der Waals surface area contributed by atoms with Gasteiger partial charge in [0.2, 0.25) is 5.91 Å². The first-order valence-corrected chi connectivity index (χ1v) is 16.4. The molecule has 3 aromatic heterocycles. The van der Waals surface area contributed by atoms with Crippen LogP contribution in [-0.2, 0) is 23.1 Å². The number of fused-ring (bicyclic) bond motifs is 1. The lowest BCUT2D eigenvalue weighted by Gasteiger charge is -2.34. The monoisotopic (exact) mass is 595 g/mol. The molecule has 1 aromatic carbocycles. The van der Waals surface area contributed by atoms with Gasteiger partial charge < -0.3 is 14.6 Å². The van der Waals surface area contributed by atoms with Crippen LogP contribution in [0.4, 0.5) is 0 Å². The lowest BCUT2D eigenvalue weighted by Crippen LogP contribution is -2.46. The fourth-order valence-electron chi connectivity index (χ4n) is 6.15. The first-order valence-electron chi connectivity index (χ1n) is 16.4. The normalized spacial score (nSPS) is 12.0. The van der Waals surface area contributed by atoms with Gasteiger partial charge in [-0.2, -0.15) is 0 Å². The van der Waals surface area contributed by atoms with Gasteiger partial charge in [-0.1, -0.05) is 51.0 Å². The number of hydrogen-bond acceptors (Lipinski definition) is 4. The molecule has 0 bridgehead atoms. The summed E-state index contributed by atoms with van der Waals surface area (Å²) in [4.78, 5) is 25.4. The molecule has 0 unspecified atom stereocenters. The minimum Gasteiger partial charge on any atom is -0.341 e. The van der Waals surface area contributed by atoms with Crippen molar-refractivity contribution in [3.8, 4) is 11.3 Å². The van der Waals surface area contributed by atoms with Gasteiger partial charge in [-0.15, -0.1) is 0 Å². The minimum absolute atomic E-state index is 0.184. The van der Waals surface area contributed by atoms with E-state index < -0.39 is 5.41 Å². The van der Waals surface area contributed by atoms with Crippen molar-refractivity contribution < 1.29 is 4.79 Å². The van der Waals surface area contributed by atoms with E-state index >= 15 is 0 Å². The van der Waals surface area contributed by atoms with E-state index in [2.05, 4.69) is 124 Å². The third kappa shape index (κ3) is 8.56. The second-order valence-electron chi connectivity index (χ2n) is 13.9. The lowest BCUT2D eigenvalue weighted by atomic mass is 9.83. The SMILES string of the molecule is Cc1cc(C)cc(-c2nc3ccc(C(C)(C)C(=O)N(CC(C)C)CC(C)C)cn3c2CCNCCCCc2ccncc2)c1. The molecular formula is C38H53N5O. The van der Waals surface area contributed by atoms with Crippen molar-refractivity contribution in [1.29, 1.82) is 0 Å². The molecule has 0 aliphatic heterocycles. The number of carbonyl (C=O) groups excluding carboxylic acids is 1. The summed E-state index contributed by atoms with van der Waals surface area (Å²) in [7, 11) is 0. The van der Waals surface area contributed by atoms with E-state index in [4.69, 9.17) is 4.98 Å². The zero-order valence-electron chi connectivity index (χ0n) is 28.3. The van der Waals surface area contributed by atoms with Crippen LogP contribution in [0, 0.1) is 25.7 Å². The minimum atomic E-state index is -0.660. The molecule has 6 heteroatoms. The van der Waals surface area contributed by atoms with Crippen LogP contribution in [-0.4, -0.2) is 51.4 Å². The van der Waals surface area contributed by atoms with Crippen LogP contribution in [0.5, 0.6) is 0 Å². The van der Waals surface area contributed by atoms with Gasteiger partial charge >= 0.3 is 0 Å². The lowest BCUT2D eigenvalue weighted by molar-refractivity contribution is -0.137. The third-order valence-electron chi connectivity index (χ3n) is 8.28. The van der Waals surface area contributed by atoms with Crippen molar-refractivity contribution in [3.63, 3.8) is 0 Å². The van der Waals surface area contributed by atoms with Crippen LogP contribution in [0.1, 0.15) is 82.3 Å². The molecule has 0 spiro atoms. The Bertz CT molecular complexity index is 1490. The maximum Gasteiger partial charge on any atom is 0.232 e. The summed E-state index contributed by atoms with van der Waals surface area (Å²) in [6.45, 7) is 20.5. The van der Waals surface area contributed by atoms with Gasteiger partial charge in [0.15, 0.2) is 0 Å². The van der Waals surface area contributed by atoms with Gasteiger partial charge in [-0.25, -0.2) is 4.98 Å². The fraction of sp³-hybridized carbons (Fsp3) is 0.500. The average Bonchev–Trinajstić information content (AvgIpc) is 3.33. The topological polar surface area (TPSA) is 62.5 Å². The molecule has 1 amide bonds. The maximum absolute atomic E-state index is 14.0. The Hall–Kier alpha value is -3.51. The van der Waals surface area contributed by atoms with Crippen molar-refractivity contribution in [1.82, 2.24) is 24.6 Å². The summed E-state index contributed by atoms with van der Waals surface area (Å²) < 4.78 is 2.23. The summed E-state index contributed by atoms with van der Waals surface area (Å²) in [5.74, 6) is 1.02. The highest BCUT2D eigenvalue weighted by Crippen LogP contribution is 2.31. The van der Waals surface area contributed by atoms with E-state index in [1.807, 2.05) is 12.4 Å². The van der Waals surface area contributed by atoms with Crippen molar-refractivity contribution in [2.75, 3.05) is 26.2 Å². The number of aryl methyl sites for hydroxylation is 3. The number of unbranched alkanes of at least 4 members (excludes halogenated alkanes) is 1. The predicted molar refractivity (Wildman–Crippen MR) is 183 cm³/mol. The van der Waals surface area contributed by atoms with E-state index in [0.717, 1.165) is 74.3 Å². The highest BCUT2D eigenvalue weighted by molar-refractivity contribution is 5.87. The molecule has 44 heavy (non-hydrogen) atoms. The number of hydrogen-bond donors (Lipinski definition) is 1. The Balaban J connectivity index is 1.59. The number of aromatic nitrogens is 3. The number of imidazole rings is 1. The molecular weight excluding hydrogens is 542 g/mol. The summed E-state index contributed by atoms with van der Waals surface area (Å²) in [5, 5.41) is 3.68. The van der Waals surface area contributed by atoms with E-state index in [1.54, 1.807) is 0 Å². The van der Waals surface area contributed by atoms with Gasteiger partial charge in [-0.3, -0.25) is 9.78 Å². The highest BCUT2D eigenvalue weighted by Gasteiger charge is 2.35. The molecule has 4 rings (SSSR count). The zero-order valence-corrected chi connectivity index (χ0v) is 28.3. The van der Waals surface area contributed by atoms with Crippen LogP contribution < -0.4 is 5.32 Å². The Labute approximate surface area is 265 Å². The zero-order chi connectivity index (χ0) is 31.9. The van der Waals surface area contributed by atoms with Gasteiger partial charge in [0.25, 0.3) is 0 Å². The predicted octanol–water partition coefficient (Wildman–Crippen LogP) is 7.59. The number of benzene rings is 1. The van der Waals surface area contributed by atoms with Crippen LogP contribution in [0.25, 0.3) is 16.9 Å². The number of rotatable bonds is 15. The number of amides is 1. The molecule has 0 radical (unpaired) electrons. The molecule has 0 saturated carbocycles. The molecule has 1 N–H and O–H groups in total. The fourth-order valence-corrected chi connectivity index (χ4v) is 6.15. The second-order valence-corrected chi connectivity index (χ2v) is 13.9. The van der Waals surface area contributed by atoms with Crippen LogP contribution >= 0.6 is 0 Å². The van der Waals surface area contributed by atoms with Crippen molar-refractivity contribution in [3.05, 3.63) is 89.0 Å². The van der Waals surface area contributed by atoms with Gasteiger partial charge in [0.05, 0.1) is 16.8 Å². The van der Waals surface area contributed by atoms with Crippen LogP contribution in [0.2, 0.25) is 0 Å².